The molecule has 1 atom stereocenters. The minimum Gasteiger partial charge on any atom is -0.351 e. The number of hydrogen-bond donors (Lipinski definition) is 3. The number of carbonyl (C=O) groups is 2. The molecule has 13 heavy (non-hydrogen) atoms. The number of urea groups is 1. The molecule has 74 valence electrons. The number of nitrogens with two attached hydrogens (primary N) is 1. The largest absolute Gasteiger partial charge is 0.351 e. The summed E-state index contributed by atoms with van der Waals surface area (Å²) in [5.74, 6) is -0.427. The zero-order valence-electron chi connectivity index (χ0n) is 7.67. The van der Waals surface area contributed by atoms with Crippen LogP contribution in [0.2, 0.25) is 0 Å². The fraction of sp³-hybridized carbons (Fsp3) is 0.500. The summed E-state index contributed by atoms with van der Waals surface area (Å²) in [7, 11) is 0. The highest BCUT2D eigenvalue weighted by molar-refractivity contribution is 5.94. The summed E-state index contributed by atoms with van der Waals surface area (Å²) >= 11 is 0. The highest BCUT2D eigenvalue weighted by Crippen LogP contribution is 1.88. The number of nitrogens with one attached hydrogen (secondary N) is 2. The molecule has 3 amide bonds. The van der Waals surface area contributed by atoms with Crippen molar-refractivity contribution in [1.29, 1.82) is 0 Å². The maximum atomic E-state index is 10.9. The quantitative estimate of drug-likeness (QED) is 0.516. The Morgan fingerprint density at radius 1 is 1.62 bits per heavy atom. The SMILES string of the molecule is C=CCC(C)NCC(=O)NC(N)=O. The molecule has 0 aromatic carbocycles. The Morgan fingerprint density at radius 2 is 2.23 bits per heavy atom. The normalized spacial score (nSPS) is 11.8. The van der Waals surface area contributed by atoms with Crippen LogP contribution in [0.1, 0.15) is 13.3 Å². The maximum Gasteiger partial charge on any atom is 0.318 e. The van der Waals surface area contributed by atoms with E-state index in [1.807, 2.05) is 12.2 Å². The minimum absolute atomic E-state index is 0.0813. The number of rotatable bonds is 5. The van der Waals surface area contributed by atoms with Crippen LogP contribution >= 0.6 is 0 Å². The van der Waals surface area contributed by atoms with Crippen molar-refractivity contribution in [2.45, 2.75) is 19.4 Å². The molecule has 0 spiro atoms. The first-order valence-corrected chi connectivity index (χ1v) is 3.99. The van der Waals surface area contributed by atoms with Gasteiger partial charge in [-0.15, -0.1) is 6.58 Å². The van der Waals surface area contributed by atoms with E-state index in [0.29, 0.717) is 0 Å². The first-order chi connectivity index (χ1) is 6.06. The molecule has 5 heteroatoms. The summed E-state index contributed by atoms with van der Waals surface area (Å²) in [5.41, 5.74) is 4.74. The van der Waals surface area contributed by atoms with E-state index in [1.165, 1.54) is 0 Å². The molecule has 0 saturated carbocycles. The van der Waals surface area contributed by atoms with Crippen LogP contribution in [-0.4, -0.2) is 24.5 Å². The third-order valence-electron chi connectivity index (χ3n) is 1.39. The first kappa shape index (κ1) is 11.6. The molecule has 0 fully saturated rings. The van der Waals surface area contributed by atoms with Crippen LogP contribution in [0.25, 0.3) is 0 Å². The molecule has 0 aliphatic heterocycles. The standard InChI is InChI=1S/C8H15N3O2/c1-3-4-6(2)10-5-7(12)11-8(9)13/h3,6,10H,1,4-5H2,2H3,(H3,9,11,12,13). The second-order valence-electron chi connectivity index (χ2n) is 2.72. The molecule has 0 heterocycles. The van der Waals surface area contributed by atoms with Gasteiger partial charge in [0.15, 0.2) is 0 Å². The molecule has 0 aliphatic rings. The van der Waals surface area contributed by atoms with Gasteiger partial charge in [0.2, 0.25) is 5.91 Å². The fourth-order valence-electron chi connectivity index (χ4n) is 0.782. The van der Waals surface area contributed by atoms with Gasteiger partial charge in [0, 0.05) is 6.04 Å². The lowest BCUT2D eigenvalue weighted by molar-refractivity contribution is -0.119. The molecular formula is C8H15N3O2. The van der Waals surface area contributed by atoms with Crippen molar-refractivity contribution in [2.24, 2.45) is 5.73 Å². The van der Waals surface area contributed by atoms with Gasteiger partial charge < -0.3 is 11.1 Å². The van der Waals surface area contributed by atoms with Crippen LogP contribution in [0.4, 0.5) is 4.79 Å². The molecule has 0 saturated heterocycles. The van der Waals surface area contributed by atoms with Crippen molar-refractivity contribution in [3.63, 3.8) is 0 Å². The summed E-state index contributed by atoms with van der Waals surface area (Å²) < 4.78 is 0. The van der Waals surface area contributed by atoms with Crippen LogP contribution in [0.5, 0.6) is 0 Å². The molecule has 4 N–H and O–H groups in total. The third-order valence-corrected chi connectivity index (χ3v) is 1.39. The highest BCUT2D eigenvalue weighted by Gasteiger charge is 2.05. The summed E-state index contributed by atoms with van der Waals surface area (Å²) in [6.07, 6.45) is 2.52. The van der Waals surface area contributed by atoms with Crippen molar-refractivity contribution < 1.29 is 9.59 Å². The van der Waals surface area contributed by atoms with Crippen LogP contribution < -0.4 is 16.4 Å². The van der Waals surface area contributed by atoms with E-state index in [4.69, 9.17) is 5.73 Å². The van der Waals surface area contributed by atoms with Gasteiger partial charge in [0.05, 0.1) is 6.54 Å². The number of imide groups is 1. The van der Waals surface area contributed by atoms with E-state index in [2.05, 4.69) is 11.9 Å². The zero-order chi connectivity index (χ0) is 10.3. The Hall–Kier alpha value is -1.36. The second kappa shape index (κ2) is 6.19. The van der Waals surface area contributed by atoms with E-state index in [1.54, 1.807) is 6.08 Å². The summed E-state index contributed by atoms with van der Waals surface area (Å²) in [6.45, 7) is 5.56. The number of carbonyl (C=O) groups excluding carboxylic acids is 2. The van der Waals surface area contributed by atoms with Crippen molar-refractivity contribution in [3.8, 4) is 0 Å². The number of hydrogen-bond acceptors (Lipinski definition) is 3. The molecule has 0 rings (SSSR count). The van der Waals surface area contributed by atoms with Crippen LogP contribution in [-0.2, 0) is 4.79 Å². The number of amides is 3. The third kappa shape index (κ3) is 7.02. The van der Waals surface area contributed by atoms with Gasteiger partial charge in [-0.1, -0.05) is 6.08 Å². The van der Waals surface area contributed by atoms with E-state index in [0.717, 1.165) is 6.42 Å². The molecule has 0 aromatic heterocycles. The fourth-order valence-corrected chi connectivity index (χ4v) is 0.782. The Balaban J connectivity index is 3.57. The molecule has 0 aliphatic carbocycles. The van der Waals surface area contributed by atoms with Gasteiger partial charge in [-0.25, -0.2) is 4.79 Å². The van der Waals surface area contributed by atoms with Crippen molar-refractivity contribution in [2.75, 3.05) is 6.54 Å². The van der Waals surface area contributed by atoms with Crippen molar-refractivity contribution in [1.82, 2.24) is 10.6 Å². The predicted molar refractivity (Wildman–Crippen MR) is 50.0 cm³/mol. The number of primary amides is 1. The lowest BCUT2D eigenvalue weighted by Crippen LogP contribution is -2.42. The van der Waals surface area contributed by atoms with Crippen molar-refractivity contribution >= 4 is 11.9 Å². The maximum absolute atomic E-state index is 10.9. The lowest BCUT2D eigenvalue weighted by Gasteiger charge is -2.10. The summed E-state index contributed by atoms with van der Waals surface area (Å²) in [5, 5.41) is 4.85. The average molecular weight is 185 g/mol. The Kier molecular flexibility index (Phi) is 5.54. The molecule has 5 nitrogen and oxygen atoms in total. The highest BCUT2D eigenvalue weighted by atomic mass is 16.2. The van der Waals surface area contributed by atoms with E-state index in [9.17, 15) is 9.59 Å². The van der Waals surface area contributed by atoms with Gasteiger partial charge in [-0.3, -0.25) is 10.1 Å². The monoisotopic (exact) mass is 185 g/mol. The van der Waals surface area contributed by atoms with Crippen LogP contribution in [0.15, 0.2) is 12.7 Å². The Bertz CT molecular complexity index is 204. The topological polar surface area (TPSA) is 84.2 Å². The Morgan fingerprint density at radius 3 is 2.69 bits per heavy atom. The first-order valence-electron chi connectivity index (χ1n) is 3.99. The molecule has 0 aromatic rings. The molecule has 1 unspecified atom stereocenters. The van der Waals surface area contributed by atoms with Gasteiger partial charge in [0.1, 0.15) is 0 Å². The molecular weight excluding hydrogens is 170 g/mol. The molecule has 0 bridgehead atoms. The van der Waals surface area contributed by atoms with Crippen molar-refractivity contribution in [3.05, 3.63) is 12.7 Å². The summed E-state index contributed by atoms with van der Waals surface area (Å²) in [6, 6.07) is -0.667. The minimum atomic E-state index is -0.830. The Labute approximate surface area is 77.4 Å². The second-order valence-corrected chi connectivity index (χ2v) is 2.72. The lowest BCUT2D eigenvalue weighted by atomic mass is 10.2. The van der Waals surface area contributed by atoms with Gasteiger partial charge >= 0.3 is 6.03 Å². The average Bonchev–Trinajstić information content (AvgIpc) is 2.00. The van der Waals surface area contributed by atoms with Crippen LogP contribution in [0.3, 0.4) is 0 Å². The molecule has 0 radical (unpaired) electrons. The van der Waals surface area contributed by atoms with Crippen LogP contribution in [0, 0.1) is 0 Å². The van der Waals surface area contributed by atoms with E-state index < -0.39 is 11.9 Å². The smallest absolute Gasteiger partial charge is 0.318 e. The van der Waals surface area contributed by atoms with E-state index >= 15 is 0 Å². The van der Waals surface area contributed by atoms with E-state index in [-0.39, 0.29) is 12.6 Å². The summed E-state index contributed by atoms with van der Waals surface area (Å²) in [4.78, 5) is 21.1. The van der Waals surface area contributed by atoms with Gasteiger partial charge in [-0.2, -0.15) is 0 Å². The predicted octanol–water partition coefficient (Wildman–Crippen LogP) is -0.264. The van der Waals surface area contributed by atoms with Gasteiger partial charge in [-0.05, 0) is 13.3 Å². The zero-order valence-corrected chi connectivity index (χ0v) is 7.67. The van der Waals surface area contributed by atoms with Gasteiger partial charge in [0.25, 0.3) is 0 Å².